The van der Waals surface area contributed by atoms with Gasteiger partial charge in [-0.05, 0) is 113 Å². The molecular weight excluding hydrogens is 878 g/mol. The minimum atomic E-state index is -1.37. The molecule has 9 rings (SSSR count). The van der Waals surface area contributed by atoms with Crippen LogP contribution in [-0.4, -0.2) is 62.5 Å². The number of para-hydroxylation sites is 2. The molecule has 0 radical (unpaired) electrons. The molecule has 0 aromatic heterocycles. The fourth-order valence-electron chi connectivity index (χ4n) is 9.39. The zero-order chi connectivity index (χ0) is 45.6. The highest BCUT2D eigenvalue weighted by atomic mass is 32.2. The number of hydrogen-bond donors (Lipinski definition) is 2. The molecule has 2 heterocycles. The molecule has 64 heavy (non-hydrogen) atoms. The summed E-state index contributed by atoms with van der Waals surface area (Å²) >= 11 is 8.21. The Hall–Kier alpha value is -4.40. The second-order valence-corrected chi connectivity index (χ2v) is 23.7. The van der Waals surface area contributed by atoms with Crippen molar-refractivity contribution in [2.75, 3.05) is 45.6 Å². The van der Waals surface area contributed by atoms with E-state index >= 15 is 0 Å². The minimum absolute atomic E-state index is 0.140. The van der Waals surface area contributed by atoms with Gasteiger partial charge in [0, 0.05) is 35.9 Å². The van der Waals surface area contributed by atoms with E-state index < -0.39 is 29.1 Å². The van der Waals surface area contributed by atoms with Gasteiger partial charge in [0.25, 0.3) is 0 Å². The van der Waals surface area contributed by atoms with Gasteiger partial charge in [-0.15, -0.1) is 47.0 Å². The average Bonchev–Trinajstić information content (AvgIpc) is 4.26. The molecule has 0 spiro atoms. The lowest BCUT2D eigenvalue weighted by atomic mass is 10.1. The molecule has 4 aromatic rings. The Balaban J connectivity index is 0.000000144. The molecule has 3 saturated carbocycles. The second-order valence-electron chi connectivity index (χ2n) is 18.1. The van der Waals surface area contributed by atoms with Crippen molar-refractivity contribution in [3.8, 4) is 6.07 Å². The summed E-state index contributed by atoms with van der Waals surface area (Å²) in [5.74, 6) is 4.84. The maximum atomic E-state index is 12.9. The Morgan fingerprint density at radius 3 is 1.61 bits per heavy atom. The Kier molecular flexibility index (Phi) is 15.2. The van der Waals surface area contributed by atoms with Crippen molar-refractivity contribution in [2.24, 2.45) is 40.4 Å². The molecule has 0 bridgehead atoms. The van der Waals surface area contributed by atoms with Crippen molar-refractivity contribution in [2.45, 2.75) is 61.2 Å². The predicted octanol–water partition coefficient (Wildman–Crippen LogP) is 11.6. The van der Waals surface area contributed by atoms with Gasteiger partial charge in [0.1, 0.15) is 11.7 Å². The van der Waals surface area contributed by atoms with Crippen molar-refractivity contribution < 1.29 is 18.8 Å². The van der Waals surface area contributed by atoms with Gasteiger partial charge < -0.3 is 15.5 Å². The largest absolute Gasteiger partial charge is 0.335 e. The van der Waals surface area contributed by atoms with E-state index in [1.165, 1.54) is 60.1 Å². The molecule has 3 aliphatic carbocycles. The number of hydrogen-bond acceptors (Lipinski definition) is 8. The van der Waals surface area contributed by atoms with Crippen LogP contribution < -0.4 is 15.5 Å². The second kappa shape index (κ2) is 20.4. The molecule has 2 N–H and O–H groups in total. The molecule has 7 atom stereocenters. The lowest BCUT2D eigenvalue weighted by Crippen LogP contribution is -2.29. The van der Waals surface area contributed by atoms with Gasteiger partial charge in [-0.3, -0.25) is 19.2 Å². The highest BCUT2D eigenvalue weighted by Crippen LogP contribution is 2.66. The Labute approximate surface area is 394 Å². The molecule has 2 aliphatic heterocycles. The van der Waals surface area contributed by atoms with Crippen LogP contribution in [0.25, 0.3) is 4.85 Å². The zero-order valence-electron chi connectivity index (χ0n) is 36.9. The van der Waals surface area contributed by atoms with E-state index in [0.29, 0.717) is 26.7 Å². The van der Waals surface area contributed by atoms with E-state index in [9.17, 15) is 24.0 Å². The summed E-state index contributed by atoms with van der Waals surface area (Å²) in [6.45, 7) is 16.3. The third kappa shape index (κ3) is 10.3. The van der Waals surface area contributed by atoms with E-state index in [1.807, 2.05) is 133 Å². The number of benzene rings is 4. The van der Waals surface area contributed by atoms with Gasteiger partial charge in [-0.2, -0.15) is 5.26 Å². The van der Waals surface area contributed by atoms with Crippen molar-refractivity contribution in [1.29, 1.82) is 5.26 Å². The molecule has 3 amide bonds. The van der Waals surface area contributed by atoms with Crippen LogP contribution >= 0.6 is 47.0 Å². The third-order valence-electron chi connectivity index (χ3n) is 13.3. The zero-order valence-corrected chi connectivity index (χ0v) is 40.2. The summed E-state index contributed by atoms with van der Waals surface area (Å²) in [4.78, 5) is 43.1. The number of carbonyl (C=O) groups excluding carboxylic acids is 3. The lowest BCUT2D eigenvalue weighted by molar-refractivity contribution is -0.120. The van der Waals surface area contributed by atoms with Crippen molar-refractivity contribution in [3.05, 3.63) is 138 Å². The van der Waals surface area contributed by atoms with Crippen molar-refractivity contribution >= 4 is 81.8 Å². The first kappa shape index (κ1) is 47.6. The summed E-state index contributed by atoms with van der Waals surface area (Å²) in [5, 5.41) is 15.1. The first-order valence-corrected chi connectivity index (χ1v) is 26.0. The van der Waals surface area contributed by atoms with E-state index in [2.05, 4.69) is 66.7 Å². The molecule has 4 aromatic carbocycles. The maximum absolute atomic E-state index is 12.9. The standard InChI is InChI=1S/C18H12FN3O.C17H23NOS2.C16H21NOS2/c1-21-18(11-20)15(12-5-3-2-4-6-12)16(18)17(23)22-14-9-7-13(19)8-10-14;1-17(2)13(14(17)16-20-10-7-11-21-16)15(19)18(3)12-8-5-4-6-9-12;1-16(2)12(13(16)15-19-9-6-10-20-15)14(18)17-11-7-4-3-5-8-11/h2-10,15-16H,(H,22,23);4-6,8-9,13-14,16H,7,10-11H2,1-3H3;3-5,7-8,12-13,15H,6,9-10H2,1-2H3,(H,17,18). The summed E-state index contributed by atoms with van der Waals surface area (Å²) in [5.41, 5.74) is 2.04. The third-order valence-corrected chi connectivity index (χ3v) is 19.5. The average molecular weight is 934 g/mol. The fraction of sp³-hybridized carbons (Fsp3) is 0.431. The SMILES string of the molecule is CC1(C)C(C(=O)Nc2ccccc2)C1C1SCCCS1.CN(C(=O)C1C(C2SCCCS2)C1(C)C)c1ccccc1.[C-]#[N+]C1(C#N)C(C(=O)Nc2ccc(F)cc2)C1c1ccccc1. The van der Waals surface area contributed by atoms with Crippen molar-refractivity contribution in [3.63, 3.8) is 0 Å². The van der Waals surface area contributed by atoms with Crippen LogP contribution in [0.15, 0.2) is 115 Å². The topological polar surface area (TPSA) is 107 Å². The minimum Gasteiger partial charge on any atom is -0.326 e. The number of nitriles is 1. The highest BCUT2D eigenvalue weighted by molar-refractivity contribution is 8.18. The molecule has 13 heteroatoms. The van der Waals surface area contributed by atoms with Crippen LogP contribution in [-0.2, 0) is 14.4 Å². The van der Waals surface area contributed by atoms with Gasteiger partial charge in [0.15, 0.2) is 6.07 Å². The number of rotatable bonds is 9. The normalized spacial score (nSPS) is 27.2. The number of nitrogens with zero attached hydrogens (tertiary/aromatic N) is 3. The van der Waals surface area contributed by atoms with E-state index in [1.54, 1.807) is 0 Å². The van der Waals surface area contributed by atoms with Gasteiger partial charge in [-0.1, -0.05) is 94.4 Å². The molecule has 334 valence electrons. The van der Waals surface area contributed by atoms with E-state index in [4.69, 9.17) is 6.57 Å². The number of anilines is 3. The quantitative estimate of drug-likeness (QED) is 0.160. The van der Waals surface area contributed by atoms with Crippen LogP contribution in [0.4, 0.5) is 21.5 Å². The monoisotopic (exact) mass is 933 g/mol. The van der Waals surface area contributed by atoms with Crippen molar-refractivity contribution in [1.82, 2.24) is 0 Å². The van der Waals surface area contributed by atoms with E-state index in [-0.39, 0.29) is 34.5 Å². The highest BCUT2D eigenvalue weighted by Gasteiger charge is 2.78. The number of halogens is 1. The number of carbonyl (C=O) groups is 3. The summed E-state index contributed by atoms with van der Waals surface area (Å²) in [6, 6.07) is 36.2. The number of amides is 3. The molecule has 7 unspecified atom stereocenters. The van der Waals surface area contributed by atoms with Gasteiger partial charge in [-0.25, -0.2) is 11.0 Å². The number of nitrogens with one attached hydrogen (secondary N) is 2. The van der Waals surface area contributed by atoms with E-state index in [0.717, 1.165) is 16.9 Å². The predicted molar refractivity (Wildman–Crippen MR) is 266 cm³/mol. The lowest BCUT2D eigenvalue weighted by Gasteiger charge is -2.22. The summed E-state index contributed by atoms with van der Waals surface area (Å²) < 4.78 is 14.1. The fourth-order valence-corrected chi connectivity index (χ4v) is 16.7. The smallest absolute Gasteiger partial charge is 0.326 e. The Morgan fingerprint density at radius 1 is 0.672 bits per heavy atom. The van der Waals surface area contributed by atoms with Gasteiger partial charge in [0.05, 0.1) is 15.1 Å². The molecule has 5 fully saturated rings. The van der Waals surface area contributed by atoms with Crippen LogP contribution in [0, 0.1) is 64.1 Å². The molecule has 8 nitrogen and oxygen atoms in total. The molecule has 2 saturated heterocycles. The molecular formula is C51H56FN5O3S4. The van der Waals surface area contributed by atoms with Gasteiger partial charge >= 0.3 is 5.54 Å². The summed E-state index contributed by atoms with van der Waals surface area (Å²) in [6.07, 6.45) is 2.61. The Bertz CT molecular complexity index is 2310. The number of thioether (sulfide) groups is 4. The maximum Gasteiger partial charge on any atom is 0.335 e. The van der Waals surface area contributed by atoms with Crippen LogP contribution in [0.2, 0.25) is 0 Å². The summed E-state index contributed by atoms with van der Waals surface area (Å²) in [7, 11) is 1.91. The van der Waals surface area contributed by atoms with Crippen LogP contribution in [0.5, 0.6) is 0 Å². The Morgan fingerprint density at radius 2 is 1.11 bits per heavy atom. The molecule has 5 aliphatic rings. The first-order valence-electron chi connectivity index (χ1n) is 21.8. The van der Waals surface area contributed by atoms with Crippen LogP contribution in [0.1, 0.15) is 52.0 Å². The first-order chi connectivity index (χ1) is 30.8. The van der Waals surface area contributed by atoms with Gasteiger partial charge in [0.2, 0.25) is 17.7 Å². The van der Waals surface area contributed by atoms with Crippen LogP contribution in [0.3, 0.4) is 0 Å².